The van der Waals surface area contributed by atoms with Gasteiger partial charge >= 0.3 is 0 Å². The molecule has 0 saturated carbocycles. The molecule has 1 aromatic rings. The molecule has 1 fully saturated rings. The number of aliphatic hydroxyl groups excluding tert-OH is 1. The van der Waals surface area contributed by atoms with Gasteiger partial charge < -0.3 is 20.1 Å². The Kier molecular flexibility index (Phi) is 5.26. The second-order valence-electron chi connectivity index (χ2n) is 4.38. The van der Waals surface area contributed by atoms with E-state index in [0.29, 0.717) is 17.2 Å². The monoisotopic (exact) mass is 270 g/mol. The molecule has 4 nitrogen and oxygen atoms in total. The molecule has 0 spiro atoms. The van der Waals surface area contributed by atoms with Crippen molar-refractivity contribution in [3.05, 3.63) is 29.3 Å². The summed E-state index contributed by atoms with van der Waals surface area (Å²) in [5.74, 6) is 0.534. The normalized spacial score (nSPS) is 18.6. The van der Waals surface area contributed by atoms with E-state index >= 15 is 0 Å². The fourth-order valence-electron chi connectivity index (χ4n) is 1.97. The van der Waals surface area contributed by atoms with Crippen LogP contribution in [0.4, 0.5) is 0 Å². The van der Waals surface area contributed by atoms with E-state index in [2.05, 4.69) is 10.2 Å². The Labute approximate surface area is 113 Å². The third-order valence-electron chi connectivity index (χ3n) is 3.00. The minimum Gasteiger partial charge on any atom is -0.464 e. The molecular weight excluding hydrogens is 252 g/mol. The third kappa shape index (κ3) is 4.14. The Balaban J connectivity index is 1.74. The number of ether oxygens (including phenoxy) is 1. The summed E-state index contributed by atoms with van der Waals surface area (Å²) in [5.41, 5.74) is 0. The summed E-state index contributed by atoms with van der Waals surface area (Å²) in [6.07, 6.45) is -0.217. The number of piperazine rings is 1. The van der Waals surface area contributed by atoms with Crippen LogP contribution in [0.3, 0.4) is 0 Å². The molecule has 0 amide bonds. The first kappa shape index (κ1) is 13.6. The third-order valence-corrected chi connectivity index (χ3v) is 3.31. The highest BCUT2D eigenvalue weighted by Crippen LogP contribution is 2.24. The van der Waals surface area contributed by atoms with Crippen molar-refractivity contribution < 1.29 is 9.84 Å². The molecule has 0 aromatic heterocycles. The van der Waals surface area contributed by atoms with Crippen molar-refractivity contribution in [2.45, 2.75) is 12.7 Å². The summed E-state index contributed by atoms with van der Waals surface area (Å²) >= 11 is 5.96. The summed E-state index contributed by atoms with van der Waals surface area (Å²) < 4.78 is 5.42. The molecule has 1 unspecified atom stereocenters. The van der Waals surface area contributed by atoms with Crippen LogP contribution in [0, 0.1) is 0 Å². The standard InChI is InChI=1S/C13H19ClN2O2/c14-11-3-1-2-4-12(11)18-13(17)5-8-16-9-6-15-7-10-16/h1-4,13,15,17H,5-10H2. The van der Waals surface area contributed by atoms with E-state index in [1.54, 1.807) is 12.1 Å². The number of hydrogen-bond acceptors (Lipinski definition) is 4. The topological polar surface area (TPSA) is 44.7 Å². The summed E-state index contributed by atoms with van der Waals surface area (Å²) in [7, 11) is 0. The first-order valence-electron chi connectivity index (χ1n) is 6.28. The second kappa shape index (κ2) is 6.95. The highest BCUT2D eigenvalue weighted by atomic mass is 35.5. The summed E-state index contributed by atoms with van der Waals surface area (Å²) in [4.78, 5) is 2.32. The van der Waals surface area contributed by atoms with E-state index in [-0.39, 0.29) is 0 Å². The molecule has 0 radical (unpaired) electrons. The van der Waals surface area contributed by atoms with Crippen LogP contribution in [0.1, 0.15) is 6.42 Å². The van der Waals surface area contributed by atoms with E-state index < -0.39 is 6.29 Å². The fraction of sp³-hybridized carbons (Fsp3) is 0.538. The first-order valence-corrected chi connectivity index (χ1v) is 6.66. The van der Waals surface area contributed by atoms with Crippen molar-refractivity contribution in [2.24, 2.45) is 0 Å². The van der Waals surface area contributed by atoms with Gasteiger partial charge in [-0.1, -0.05) is 23.7 Å². The van der Waals surface area contributed by atoms with Crippen molar-refractivity contribution in [2.75, 3.05) is 32.7 Å². The molecule has 1 saturated heterocycles. The van der Waals surface area contributed by atoms with Crippen LogP contribution in [0.15, 0.2) is 24.3 Å². The number of halogens is 1. The Bertz CT molecular complexity index is 370. The van der Waals surface area contributed by atoms with Crippen LogP contribution in [0.25, 0.3) is 0 Å². The zero-order chi connectivity index (χ0) is 12.8. The maximum absolute atomic E-state index is 9.83. The van der Waals surface area contributed by atoms with Gasteiger partial charge in [0.1, 0.15) is 5.75 Å². The molecule has 1 aromatic carbocycles. The molecule has 0 bridgehead atoms. The highest BCUT2D eigenvalue weighted by Gasteiger charge is 2.13. The van der Waals surface area contributed by atoms with Crippen LogP contribution >= 0.6 is 11.6 Å². The number of para-hydroxylation sites is 1. The van der Waals surface area contributed by atoms with Gasteiger partial charge in [-0.25, -0.2) is 0 Å². The Morgan fingerprint density at radius 2 is 2.06 bits per heavy atom. The average molecular weight is 271 g/mol. The number of benzene rings is 1. The molecule has 18 heavy (non-hydrogen) atoms. The lowest BCUT2D eigenvalue weighted by atomic mass is 10.3. The Hall–Kier alpha value is -0.810. The molecule has 1 heterocycles. The van der Waals surface area contributed by atoms with Gasteiger partial charge in [0.2, 0.25) is 0 Å². The predicted octanol–water partition coefficient (Wildman–Crippen LogP) is 1.33. The van der Waals surface area contributed by atoms with E-state index in [9.17, 15) is 5.11 Å². The molecule has 1 atom stereocenters. The molecule has 100 valence electrons. The van der Waals surface area contributed by atoms with E-state index in [4.69, 9.17) is 16.3 Å². The van der Waals surface area contributed by atoms with Gasteiger partial charge in [-0.3, -0.25) is 0 Å². The van der Waals surface area contributed by atoms with Gasteiger partial charge in [-0.05, 0) is 12.1 Å². The maximum Gasteiger partial charge on any atom is 0.198 e. The van der Waals surface area contributed by atoms with Gasteiger partial charge in [0.25, 0.3) is 0 Å². The Morgan fingerprint density at radius 3 is 2.78 bits per heavy atom. The quantitative estimate of drug-likeness (QED) is 0.793. The van der Waals surface area contributed by atoms with Crippen molar-refractivity contribution in [3.63, 3.8) is 0 Å². The van der Waals surface area contributed by atoms with Crippen LogP contribution < -0.4 is 10.1 Å². The smallest absolute Gasteiger partial charge is 0.198 e. The SMILES string of the molecule is OC(CCN1CCNCC1)Oc1ccccc1Cl. The largest absolute Gasteiger partial charge is 0.464 e. The minimum absolute atomic E-state index is 0.527. The van der Waals surface area contributed by atoms with Gasteiger partial charge in [0.15, 0.2) is 6.29 Å². The van der Waals surface area contributed by atoms with E-state index in [1.165, 1.54) is 0 Å². The molecule has 5 heteroatoms. The minimum atomic E-state index is -0.806. The highest BCUT2D eigenvalue weighted by molar-refractivity contribution is 6.32. The predicted molar refractivity (Wildman–Crippen MR) is 72.0 cm³/mol. The maximum atomic E-state index is 9.83. The lowest BCUT2D eigenvalue weighted by molar-refractivity contribution is -0.0293. The van der Waals surface area contributed by atoms with Crippen molar-refractivity contribution in [3.8, 4) is 5.75 Å². The molecule has 1 aliphatic heterocycles. The number of aliphatic hydroxyl groups is 1. The summed E-state index contributed by atoms with van der Waals surface area (Å²) in [6, 6.07) is 7.18. The van der Waals surface area contributed by atoms with Crippen LogP contribution in [0.2, 0.25) is 5.02 Å². The lowest BCUT2D eigenvalue weighted by Gasteiger charge is -2.27. The zero-order valence-corrected chi connectivity index (χ0v) is 11.1. The molecular formula is C13H19ClN2O2. The average Bonchev–Trinajstić information content (AvgIpc) is 2.40. The molecule has 2 N–H and O–H groups in total. The van der Waals surface area contributed by atoms with Crippen molar-refractivity contribution in [1.29, 1.82) is 0 Å². The van der Waals surface area contributed by atoms with Gasteiger partial charge in [0, 0.05) is 39.1 Å². The molecule has 0 aliphatic carbocycles. The van der Waals surface area contributed by atoms with Crippen LogP contribution in [0.5, 0.6) is 5.75 Å². The number of hydrogen-bond donors (Lipinski definition) is 2. The molecule has 1 aliphatic rings. The van der Waals surface area contributed by atoms with E-state index in [0.717, 1.165) is 32.7 Å². The second-order valence-corrected chi connectivity index (χ2v) is 4.79. The van der Waals surface area contributed by atoms with Gasteiger partial charge in [-0.15, -0.1) is 0 Å². The Morgan fingerprint density at radius 1 is 1.33 bits per heavy atom. The fourth-order valence-corrected chi connectivity index (χ4v) is 2.15. The van der Waals surface area contributed by atoms with Gasteiger partial charge in [0.05, 0.1) is 5.02 Å². The summed E-state index contributed by atoms with van der Waals surface area (Å²) in [5, 5.41) is 13.7. The van der Waals surface area contributed by atoms with Crippen molar-refractivity contribution >= 4 is 11.6 Å². The van der Waals surface area contributed by atoms with Crippen LogP contribution in [-0.4, -0.2) is 49.0 Å². The van der Waals surface area contributed by atoms with E-state index in [1.807, 2.05) is 12.1 Å². The summed E-state index contributed by atoms with van der Waals surface area (Å²) in [6.45, 7) is 4.92. The first-order chi connectivity index (χ1) is 8.75. The number of rotatable bonds is 5. The number of nitrogens with one attached hydrogen (secondary N) is 1. The zero-order valence-electron chi connectivity index (χ0n) is 10.3. The lowest BCUT2D eigenvalue weighted by Crippen LogP contribution is -2.44. The molecule has 2 rings (SSSR count). The van der Waals surface area contributed by atoms with Crippen molar-refractivity contribution in [1.82, 2.24) is 10.2 Å². The number of nitrogens with zero attached hydrogens (tertiary/aromatic N) is 1. The van der Waals surface area contributed by atoms with Crippen LogP contribution in [-0.2, 0) is 0 Å². The van der Waals surface area contributed by atoms with Gasteiger partial charge in [-0.2, -0.15) is 0 Å².